The number of halogens is 2. The summed E-state index contributed by atoms with van der Waals surface area (Å²) < 4.78 is 42.4. The Morgan fingerprint density at radius 1 is 1.13 bits per heavy atom. The molecule has 1 fully saturated rings. The zero-order valence-electron chi connectivity index (χ0n) is 21.4. The van der Waals surface area contributed by atoms with Gasteiger partial charge in [0, 0.05) is 29.5 Å². The molecule has 200 valence electrons. The van der Waals surface area contributed by atoms with Crippen molar-refractivity contribution in [1.82, 2.24) is 20.2 Å². The maximum atomic E-state index is 12.9. The molecule has 1 aliphatic carbocycles. The van der Waals surface area contributed by atoms with E-state index in [9.17, 15) is 13.6 Å². The lowest BCUT2D eigenvalue weighted by molar-refractivity contribution is -0.148. The number of methoxy groups -OCH3 is 1. The summed E-state index contributed by atoms with van der Waals surface area (Å²) in [7, 11) is 1.47. The van der Waals surface area contributed by atoms with Crippen LogP contribution in [0.5, 0.6) is 11.5 Å². The molecule has 1 aliphatic heterocycles. The van der Waals surface area contributed by atoms with Crippen LogP contribution in [0.3, 0.4) is 0 Å². The van der Waals surface area contributed by atoms with E-state index in [1.807, 2.05) is 31.2 Å². The number of benzene rings is 2. The largest absolute Gasteiger partial charge is 0.493 e. The number of carbonyl (C=O) groups excluding carboxylic acids is 1. The van der Waals surface area contributed by atoms with Crippen LogP contribution < -0.4 is 9.47 Å². The second-order valence-electron chi connectivity index (χ2n) is 9.37. The molecule has 3 atom stereocenters. The maximum Gasteiger partial charge on any atom is 0.302 e. The molecule has 9 nitrogen and oxygen atoms in total. The van der Waals surface area contributed by atoms with Gasteiger partial charge in [0.15, 0.2) is 11.5 Å². The predicted molar refractivity (Wildman–Crippen MR) is 135 cm³/mol. The standard InChI is InChI=1S/C27H29F2N5O4/c1-4-34-32-27(31-33-34)17-7-5-16(6-8-17)26-21-13-23(36-3)24(37-14-25(28)29)12-19(21)20-11-18(38-15(2)35)9-10-22(20)30-26/h5-8,12-13,18,20,22,25H,4,9-11,14H2,1-3H3/t18-,20-,22-/m1/s1. The van der Waals surface area contributed by atoms with E-state index in [0.29, 0.717) is 31.0 Å². The monoisotopic (exact) mass is 525 g/mol. The fourth-order valence-electron chi connectivity index (χ4n) is 5.19. The summed E-state index contributed by atoms with van der Waals surface area (Å²) in [5, 5.41) is 12.5. The summed E-state index contributed by atoms with van der Waals surface area (Å²) in [6, 6.07) is 11.3. The third-order valence-corrected chi connectivity index (χ3v) is 6.90. The molecular formula is C27H29F2N5O4. The molecule has 2 heterocycles. The zero-order chi connectivity index (χ0) is 26.8. The van der Waals surface area contributed by atoms with Crippen molar-refractivity contribution in [3.8, 4) is 22.9 Å². The Balaban J connectivity index is 1.54. The topological polar surface area (TPSA) is 101 Å². The fourth-order valence-corrected chi connectivity index (χ4v) is 5.19. The number of esters is 1. The molecule has 0 bridgehead atoms. The minimum Gasteiger partial charge on any atom is -0.493 e. The predicted octanol–water partition coefficient (Wildman–Crippen LogP) is 4.43. The lowest BCUT2D eigenvalue weighted by Gasteiger charge is -2.38. The molecule has 0 saturated heterocycles. The molecule has 38 heavy (non-hydrogen) atoms. The van der Waals surface area contributed by atoms with E-state index in [1.165, 1.54) is 18.8 Å². The quantitative estimate of drug-likeness (QED) is 0.401. The second-order valence-corrected chi connectivity index (χ2v) is 9.37. The van der Waals surface area contributed by atoms with E-state index < -0.39 is 13.0 Å². The van der Waals surface area contributed by atoms with Crippen molar-refractivity contribution in [2.75, 3.05) is 13.7 Å². The van der Waals surface area contributed by atoms with Gasteiger partial charge in [0.1, 0.15) is 12.7 Å². The number of rotatable bonds is 8. The lowest BCUT2D eigenvalue weighted by Crippen LogP contribution is -2.36. The first-order valence-electron chi connectivity index (χ1n) is 12.6. The van der Waals surface area contributed by atoms with Crippen LogP contribution in [0.1, 0.15) is 55.7 Å². The smallest absolute Gasteiger partial charge is 0.302 e. The van der Waals surface area contributed by atoms with Crippen molar-refractivity contribution in [2.24, 2.45) is 4.99 Å². The van der Waals surface area contributed by atoms with Crippen molar-refractivity contribution in [3.63, 3.8) is 0 Å². The number of carbonyl (C=O) groups is 1. The number of nitrogens with zero attached hydrogens (tertiary/aromatic N) is 5. The second kappa shape index (κ2) is 10.8. The Bertz CT molecular complexity index is 1340. The van der Waals surface area contributed by atoms with Crippen LogP contribution in [-0.4, -0.2) is 64.2 Å². The van der Waals surface area contributed by atoms with Gasteiger partial charge >= 0.3 is 5.97 Å². The summed E-state index contributed by atoms with van der Waals surface area (Å²) >= 11 is 0. The van der Waals surface area contributed by atoms with Crippen LogP contribution >= 0.6 is 0 Å². The van der Waals surface area contributed by atoms with Crippen LogP contribution in [0.2, 0.25) is 0 Å². The summed E-state index contributed by atoms with van der Waals surface area (Å²) in [5.41, 5.74) is 4.25. The average Bonchev–Trinajstić information content (AvgIpc) is 3.40. The highest BCUT2D eigenvalue weighted by Crippen LogP contribution is 2.45. The number of alkyl halides is 2. The van der Waals surface area contributed by atoms with Gasteiger partial charge < -0.3 is 14.2 Å². The summed E-state index contributed by atoms with van der Waals surface area (Å²) in [6.45, 7) is 3.24. The van der Waals surface area contributed by atoms with Crippen molar-refractivity contribution >= 4 is 11.7 Å². The van der Waals surface area contributed by atoms with Crippen LogP contribution in [0, 0.1) is 0 Å². The van der Waals surface area contributed by atoms with E-state index in [4.69, 9.17) is 19.2 Å². The van der Waals surface area contributed by atoms with Gasteiger partial charge in [-0.05, 0) is 49.1 Å². The Morgan fingerprint density at radius 3 is 2.55 bits per heavy atom. The van der Waals surface area contributed by atoms with E-state index in [0.717, 1.165) is 34.4 Å². The normalized spacial score (nSPS) is 20.4. The summed E-state index contributed by atoms with van der Waals surface area (Å²) in [6.07, 6.45) is -0.820. The van der Waals surface area contributed by atoms with Crippen LogP contribution in [-0.2, 0) is 16.1 Å². The number of tetrazole rings is 1. The number of hydrogen-bond donors (Lipinski definition) is 0. The molecule has 5 rings (SSSR count). The SMILES string of the molecule is CCn1nnc(-c2ccc(C3=N[C@@H]4CC[C@@H](OC(C)=O)C[C@@H]4c4cc(OCC(F)F)c(OC)cc43)cc2)n1. The summed E-state index contributed by atoms with van der Waals surface area (Å²) in [4.78, 5) is 18.3. The molecule has 2 aliphatic rings. The molecule has 0 N–H and O–H groups in total. The molecule has 0 radical (unpaired) electrons. The molecule has 11 heteroatoms. The first-order chi connectivity index (χ1) is 18.4. The van der Waals surface area contributed by atoms with Gasteiger partial charge in [-0.1, -0.05) is 24.3 Å². The van der Waals surface area contributed by atoms with Crippen molar-refractivity contribution < 1.29 is 27.8 Å². The molecule has 0 amide bonds. The van der Waals surface area contributed by atoms with Gasteiger partial charge in [-0.2, -0.15) is 4.80 Å². The molecular weight excluding hydrogens is 496 g/mol. The van der Waals surface area contributed by atoms with Crippen LogP contribution in [0.15, 0.2) is 41.4 Å². The van der Waals surface area contributed by atoms with Gasteiger partial charge in [-0.25, -0.2) is 8.78 Å². The van der Waals surface area contributed by atoms with E-state index in [-0.39, 0.29) is 29.8 Å². The Kier molecular flexibility index (Phi) is 7.35. The highest BCUT2D eigenvalue weighted by Gasteiger charge is 2.38. The summed E-state index contributed by atoms with van der Waals surface area (Å²) in [5.74, 6) is 0.759. The molecule has 2 aromatic carbocycles. The molecule has 0 unspecified atom stereocenters. The van der Waals surface area contributed by atoms with Crippen molar-refractivity contribution in [3.05, 3.63) is 53.1 Å². The third kappa shape index (κ3) is 5.23. The van der Waals surface area contributed by atoms with Gasteiger partial charge in [0.25, 0.3) is 6.43 Å². The first-order valence-corrected chi connectivity index (χ1v) is 12.6. The minimum atomic E-state index is -2.62. The number of aliphatic imine (C=N–C) groups is 1. The highest BCUT2D eigenvalue weighted by molar-refractivity contribution is 6.15. The maximum absolute atomic E-state index is 12.9. The third-order valence-electron chi connectivity index (χ3n) is 6.90. The Hall–Kier alpha value is -3.89. The van der Waals surface area contributed by atoms with Crippen molar-refractivity contribution in [1.29, 1.82) is 0 Å². The number of hydrogen-bond acceptors (Lipinski definition) is 8. The van der Waals surface area contributed by atoms with Gasteiger partial charge in [0.2, 0.25) is 5.82 Å². The Labute approximate surface area is 218 Å². The van der Waals surface area contributed by atoms with Gasteiger partial charge in [-0.3, -0.25) is 9.79 Å². The van der Waals surface area contributed by atoms with Crippen LogP contribution in [0.4, 0.5) is 8.78 Å². The number of aryl methyl sites for hydroxylation is 1. The number of ether oxygens (including phenoxy) is 3. The van der Waals surface area contributed by atoms with Crippen molar-refractivity contribution in [2.45, 2.75) is 64.1 Å². The van der Waals surface area contributed by atoms with Gasteiger partial charge in [0.05, 0.1) is 25.4 Å². The first kappa shape index (κ1) is 25.7. The van der Waals surface area contributed by atoms with E-state index in [1.54, 1.807) is 12.1 Å². The minimum absolute atomic E-state index is 0.0496. The Morgan fingerprint density at radius 2 is 1.89 bits per heavy atom. The average molecular weight is 526 g/mol. The molecule has 1 saturated carbocycles. The van der Waals surface area contributed by atoms with Gasteiger partial charge in [-0.15, -0.1) is 10.2 Å². The number of fused-ring (bicyclic) bond motifs is 3. The lowest BCUT2D eigenvalue weighted by atomic mass is 9.74. The number of aromatic nitrogens is 4. The zero-order valence-corrected chi connectivity index (χ0v) is 21.4. The highest BCUT2D eigenvalue weighted by atomic mass is 19.3. The molecule has 0 spiro atoms. The molecule has 1 aromatic heterocycles. The van der Waals surface area contributed by atoms with E-state index >= 15 is 0 Å². The van der Waals surface area contributed by atoms with E-state index in [2.05, 4.69) is 15.4 Å². The fraction of sp³-hybridized carbons (Fsp3) is 0.444. The van der Waals surface area contributed by atoms with Crippen LogP contribution in [0.25, 0.3) is 11.4 Å². The molecule has 3 aromatic rings.